The van der Waals surface area contributed by atoms with Gasteiger partial charge in [-0.2, -0.15) is 0 Å². The van der Waals surface area contributed by atoms with Gasteiger partial charge in [0.25, 0.3) is 0 Å². The fraction of sp³-hybridized carbons (Fsp3) is 0.583. The Hall–Kier alpha value is -2.90. The predicted octanol–water partition coefficient (Wildman–Crippen LogP) is 1.87. The number of likely N-dealkylation sites (tertiary alicyclic amines) is 1. The molecule has 0 unspecified atom stereocenters. The van der Waals surface area contributed by atoms with Crippen molar-refractivity contribution in [2.45, 2.75) is 57.6 Å². The summed E-state index contributed by atoms with van der Waals surface area (Å²) in [5.74, 6) is 0.456. The molecule has 3 aliphatic heterocycles. The summed E-state index contributed by atoms with van der Waals surface area (Å²) < 4.78 is 6.28. The van der Waals surface area contributed by atoms with E-state index in [9.17, 15) is 19.2 Å². The number of carbonyl (C=O) groups excluding carboxylic acids is 4. The highest BCUT2D eigenvalue weighted by atomic mass is 16.5. The first kappa shape index (κ1) is 22.3. The number of hydrogen-bond donors (Lipinski definition) is 0. The molecule has 8 nitrogen and oxygen atoms in total. The molecule has 32 heavy (non-hydrogen) atoms. The van der Waals surface area contributed by atoms with E-state index >= 15 is 0 Å². The van der Waals surface area contributed by atoms with Crippen molar-refractivity contribution < 1.29 is 23.9 Å². The molecule has 3 heterocycles. The van der Waals surface area contributed by atoms with Crippen LogP contribution in [0.2, 0.25) is 0 Å². The molecule has 172 valence electrons. The minimum absolute atomic E-state index is 0.0175. The maximum absolute atomic E-state index is 13.2. The van der Waals surface area contributed by atoms with E-state index in [0.717, 1.165) is 6.42 Å². The van der Waals surface area contributed by atoms with Gasteiger partial charge in [-0.15, -0.1) is 0 Å². The monoisotopic (exact) mass is 441 g/mol. The quantitative estimate of drug-likeness (QED) is 0.699. The third-order valence-corrected chi connectivity index (χ3v) is 7.00. The number of ether oxygens (including phenoxy) is 1. The first-order valence-corrected chi connectivity index (χ1v) is 11.4. The van der Waals surface area contributed by atoms with Gasteiger partial charge in [0.05, 0.1) is 12.0 Å². The van der Waals surface area contributed by atoms with Crippen molar-refractivity contribution in [1.82, 2.24) is 14.7 Å². The van der Waals surface area contributed by atoms with Gasteiger partial charge < -0.3 is 19.4 Å². The minimum atomic E-state index is -0.705. The van der Waals surface area contributed by atoms with E-state index in [1.54, 1.807) is 40.7 Å². The van der Waals surface area contributed by atoms with Crippen molar-refractivity contribution in [3.8, 4) is 5.75 Å². The molecule has 0 saturated carbocycles. The zero-order chi connectivity index (χ0) is 22.9. The Bertz CT molecular complexity index is 932. The van der Waals surface area contributed by atoms with Crippen molar-refractivity contribution >= 4 is 23.5 Å². The van der Waals surface area contributed by atoms with E-state index in [1.165, 1.54) is 0 Å². The van der Waals surface area contributed by atoms with Crippen LogP contribution >= 0.6 is 0 Å². The Morgan fingerprint density at radius 2 is 1.72 bits per heavy atom. The Morgan fingerprint density at radius 3 is 2.50 bits per heavy atom. The van der Waals surface area contributed by atoms with Crippen LogP contribution in [0.3, 0.4) is 0 Å². The molecule has 8 heteroatoms. The van der Waals surface area contributed by atoms with Crippen LogP contribution in [0.4, 0.5) is 0 Å². The highest BCUT2D eigenvalue weighted by molar-refractivity contribution is 6.00. The summed E-state index contributed by atoms with van der Waals surface area (Å²) in [7, 11) is 0. The number of ketones is 1. The Balaban J connectivity index is 1.44. The highest BCUT2D eigenvalue weighted by Crippen LogP contribution is 2.39. The minimum Gasteiger partial charge on any atom is -0.486 e. The van der Waals surface area contributed by atoms with Crippen molar-refractivity contribution in [2.75, 3.05) is 32.7 Å². The highest BCUT2D eigenvalue weighted by Gasteiger charge is 2.44. The lowest BCUT2D eigenvalue weighted by molar-refractivity contribution is -0.144. The van der Waals surface area contributed by atoms with Gasteiger partial charge >= 0.3 is 0 Å². The van der Waals surface area contributed by atoms with Gasteiger partial charge in [0, 0.05) is 52.5 Å². The number of carbonyl (C=O) groups is 4. The van der Waals surface area contributed by atoms with E-state index in [-0.39, 0.29) is 36.3 Å². The van der Waals surface area contributed by atoms with E-state index in [4.69, 9.17) is 4.74 Å². The molecule has 3 amide bonds. The third kappa shape index (κ3) is 4.36. The van der Waals surface area contributed by atoms with Gasteiger partial charge in [-0.1, -0.05) is 12.1 Å². The molecule has 4 rings (SSSR count). The van der Waals surface area contributed by atoms with Crippen LogP contribution < -0.4 is 4.74 Å². The Morgan fingerprint density at radius 1 is 1.00 bits per heavy atom. The summed E-state index contributed by atoms with van der Waals surface area (Å²) in [4.78, 5) is 55.7. The molecule has 2 saturated heterocycles. The van der Waals surface area contributed by atoms with Crippen LogP contribution in [0.1, 0.15) is 56.3 Å². The standard InChI is InChI=1S/C24H31N3O5/c1-17(23(31)26-12-5-11-25(14-15-26)18(2)28)27-13-10-24(9-8-22(27)30)16-20(29)19-6-3-4-7-21(19)32-24/h3-4,6-7,17H,5,8-16H2,1-2H3/t17-,24+/m0/s1. The summed E-state index contributed by atoms with van der Waals surface area (Å²) in [5.41, 5.74) is -0.113. The average Bonchev–Trinajstić information content (AvgIpc) is 3.11. The number of nitrogens with zero attached hydrogens (tertiary/aromatic N) is 3. The van der Waals surface area contributed by atoms with Gasteiger partial charge in [0.1, 0.15) is 17.4 Å². The van der Waals surface area contributed by atoms with E-state index in [1.807, 2.05) is 12.1 Å². The first-order chi connectivity index (χ1) is 15.3. The Kier molecular flexibility index (Phi) is 6.22. The van der Waals surface area contributed by atoms with Crippen molar-refractivity contribution in [1.29, 1.82) is 0 Å². The molecule has 0 radical (unpaired) electrons. The number of fused-ring (bicyclic) bond motifs is 1. The van der Waals surface area contributed by atoms with Crippen LogP contribution in [0.15, 0.2) is 24.3 Å². The van der Waals surface area contributed by atoms with Gasteiger partial charge in [-0.05, 0) is 31.9 Å². The lowest BCUT2D eigenvalue weighted by atomic mass is 9.84. The molecule has 0 bridgehead atoms. The van der Waals surface area contributed by atoms with Crippen molar-refractivity contribution in [3.63, 3.8) is 0 Å². The molecule has 1 spiro atoms. The summed E-state index contributed by atoms with van der Waals surface area (Å²) in [5, 5.41) is 0. The molecule has 0 aromatic heterocycles. The van der Waals surface area contributed by atoms with Gasteiger partial charge in [0.2, 0.25) is 17.7 Å². The molecular formula is C24H31N3O5. The lowest BCUT2D eigenvalue weighted by Crippen LogP contribution is -2.50. The third-order valence-electron chi connectivity index (χ3n) is 7.00. The molecule has 2 atom stereocenters. The topological polar surface area (TPSA) is 87.2 Å². The van der Waals surface area contributed by atoms with Crippen LogP contribution in [0.5, 0.6) is 5.75 Å². The molecular weight excluding hydrogens is 410 g/mol. The fourth-order valence-corrected chi connectivity index (χ4v) is 5.03. The maximum atomic E-state index is 13.2. The average molecular weight is 442 g/mol. The van der Waals surface area contributed by atoms with Crippen molar-refractivity contribution in [2.24, 2.45) is 0 Å². The van der Waals surface area contributed by atoms with Crippen LogP contribution in [-0.4, -0.2) is 82.6 Å². The number of hydrogen-bond acceptors (Lipinski definition) is 5. The lowest BCUT2D eigenvalue weighted by Gasteiger charge is -2.37. The molecule has 1 aromatic carbocycles. The number of rotatable bonds is 2. The molecule has 2 fully saturated rings. The summed E-state index contributed by atoms with van der Waals surface area (Å²) >= 11 is 0. The second kappa shape index (κ2) is 8.92. The van der Waals surface area contributed by atoms with Crippen LogP contribution in [0.25, 0.3) is 0 Å². The van der Waals surface area contributed by atoms with E-state index < -0.39 is 11.6 Å². The number of para-hydroxylation sites is 1. The van der Waals surface area contributed by atoms with Crippen molar-refractivity contribution in [3.05, 3.63) is 29.8 Å². The Labute approximate surface area is 188 Å². The second-order valence-corrected chi connectivity index (χ2v) is 9.08. The molecule has 1 aromatic rings. The van der Waals surface area contributed by atoms with E-state index in [2.05, 4.69) is 0 Å². The second-order valence-electron chi connectivity index (χ2n) is 9.08. The number of benzene rings is 1. The fourth-order valence-electron chi connectivity index (χ4n) is 5.03. The largest absolute Gasteiger partial charge is 0.486 e. The number of amides is 3. The number of Topliss-reactive ketones (excluding diaryl/α,β-unsaturated/α-hetero) is 1. The van der Waals surface area contributed by atoms with Gasteiger partial charge in [0.15, 0.2) is 5.78 Å². The van der Waals surface area contributed by atoms with E-state index in [0.29, 0.717) is 56.9 Å². The first-order valence-electron chi connectivity index (χ1n) is 11.4. The predicted molar refractivity (Wildman–Crippen MR) is 117 cm³/mol. The summed E-state index contributed by atoms with van der Waals surface area (Å²) in [6, 6.07) is 6.65. The van der Waals surface area contributed by atoms with Crippen LogP contribution in [-0.2, 0) is 14.4 Å². The molecule has 0 N–H and O–H groups in total. The zero-order valence-corrected chi connectivity index (χ0v) is 18.8. The smallest absolute Gasteiger partial charge is 0.245 e. The SMILES string of the molecule is CC(=O)N1CCCN(C(=O)[C@H](C)N2CC[C@]3(CCC2=O)CC(=O)c2ccccc2O3)CC1. The summed E-state index contributed by atoms with van der Waals surface area (Å²) in [6.07, 6.45) is 2.19. The zero-order valence-electron chi connectivity index (χ0n) is 18.8. The van der Waals surface area contributed by atoms with Gasteiger partial charge in [-0.3, -0.25) is 19.2 Å². The molecule has 3 aliphatic rings. The van der Waals surface area contributed by atoms with Crippen LogP contribution in [0, 0.1) is 0 Å². The van der Waals surface area contributed by atoms with Gasteiger partial charge in [-0.25, -0.2) is 0 Å². The normalized spacial score (nSPS) is 25.0. The maximum Gasteiger partial charge on any atom is 0.245 e. The summed E-state index contributed by atoms with van der Waals surface area (Å²) in [6.45, 7) is 5.90. The molecule has 0 aliphatic carbocycles.